The van der Waals surface area contributed by atoms with Gasteiger partial charge in [0.25, 0.3) is 5.91 Å². The summed E-state index contributed by atoms with van der Waals surface area (Å²) in [6.07, 6.45) is 0.797. The minimum absolute atomic E-state index is 0.0568. The first-order chi connectivity index (χ1) is 15.0. The minimum Gasteiger partial charge on any atom is -0.494 e. The monoisotopic (exact) mass is 423 g/mol. The zero-order chi connectivity index (χ0) is 22.0. The molecule has 31 heavy (non-hydrogen) atoms. The Morgan fingerprint density at radius 3 is 2.74 bits per heavy atom. The van der Waals surface area contributed by atoms with Crippen molar-refractivity contribution in [2.24, 2.45) is 0 Å². The zero-order valence-electron chi connectivity index (χ0n) is 17.5. The average Bonchev–Trinajstić information content (AvgIpc) is 3.26. The number of benzene rings is 2. The van der Waals surface area contributed by atoms with Crippen molar-refractivity contribution >= 4 is 34.8 Å². The first-order valence-corrected chi connectivity index (χ1v) is 10.4. The van der Waals surface area contributed by atoms with Crippen LogP contribution in [0.2, 0.25) is 0 Å². The molecule has 0 radical (unpaired) electrons. The third-order valence-electron chi connectivity index (χ3n) is 5.44. The summed E-state index contributed by atoms with van der Waals surface area (Å²) in [5.41, 5.74) is 2.34. The SMILES string of the molecule is CCOc1ccc(NC(=O)[C@@H](C)OC(=O)c2ccc3c(c2)NC(=O)[C@H]2CCCN32)cc1. The van der Waals surface area contributed by atoms with Crippen molar-refractivity contribution in [3.05, 3.63) is 48.0 Å². The van der Waals surface area contributed by atoms with Crippen LogP contribution in [0.5, 0.6) is 5.75 Å². The molecule has 8 heteroatoms. The van der Waals surface area contributed by atoms with Gasteiger partial charge in [-0.25, -0.2) is 4.79 Å². The summed E-state index contributed by atoms with van der Waals surface area (Å²) in [5, 5.41) is 5.58. The lowest BCUT2D eigenvalue weighted by molar-refractivity contribution is -0.123. The van der Waals surface area contributed by atoms with Crippen molar-refractivity contribution in [3.8, 4) is 5.75 Å². The molecule has 4 rings (SSSR count). The second-order valence-electron chi connectivity index (χ2n) is 7.57. The Morgan fingerprint density at radius 2 is 2.00 bits per heavy atom. The fourth-order valence-electron chi connectivity index (χ4n) is 3.88. The third kappa shape index (κ3) is 4.33. The van der Waals surface area contributed by atoms with Gasteiger partial charge in [0.2, 0.25) is 5.91 Å². The molecule has 1 fully saturated rings. The molecule has 2 atom stereocenters. The molecule has 0 spiro atoms. The Morgan fingerprint density at radius 1 is 1.23 bits per heavy atom. The molecule has 1 saturated heterocycles. The molecule has 2 heterocycles. The van der Waals surface area contributed by atoms with E-state index in [0.29, 0.717) is 23.7 Å². The van der Waals surface area contributed by atoms with Gasteiger partial charge in [-0.3, -0.25) is 9.59 Å². The number of fused-ring (bicyclic) bond motifs is 3. The van der Waals surface area contributed by atoms with E-state index in [1.165, 1.54) is 6.92 Å². The Labute approximate surface area is 180 Å². The number of ether oxygens (including phenoxy) is 2. The highest BCUT2D eigenvalue weighted by atomic mass is 16.5. The van der Waals surface area contributed by atoms with E-state index < -0.39 is 18.0 Å². The van der Waals surface area contributed by atoms with E-state index in [9.17, 15) is 14.4 Å². The van der Waals surface area contributed by atoms with Crippen molar-refractivity contribution in [3.63, 3.8) is 0 Å². The summed E-state index contributed by atoms with van der Waals surface area (Å²) >= 11 is 0. The van der Waals surface area contributed by atoms with Crippen molar-refractivity contribution in [1.29, 1.82) is 0 Å². The average molecular weight is 423 g/mol. The van der Waals surface area contributed by atoms with E-state index in [1.807, 2.05) is 13.0 Å². The van der Waals surface area contributed by atoms with Gasteiger partial charge in [0, 0.05) is 12.2 Å². The van der Waals surface area contributed by atoms with Gasteiger partial charge in [0.1, 0.15) is 11.8 Å². The lowest BCUT2D eigenvalue weighted by Crippen LogP contribution is -2.43. The van der Waals surface area contributed by atoms with Crippen LogP contribution in [0, 0.1) is 0 Å². The molecular formula is C23H25N3O5. The third-order valence-corrected chi connectivity index (χ3v) is 5.44. The summed E-state index contributed by atoms with van der Waals surface area (Å²) < 4.78 is 10.7. The smallest absolute Gasteiger partial charge is 0.338 e. The van der Waals surface area contributed by atoms with Crippen molar-refractivity contribution in [1.82, 2.24) is 0 Å². The number of carbonyl (C=O) groups is 3. The topological polar surface area (TPSA) is 97.0 Å². The molecule has 0 bridgehead atoms. The summed E-state index contributed by atoms with van der Waals surface area (Å²) in [6, 6.07) is 11.9. The minimum atomic E-state index is -0.993. The number of esters is 1. The van der Waals surface area contributed by atoms with Gasteiger partial charge < -0.3 is 25.0 Å². The number of hydrogen-bond acceptors (Lipinski definition) is 6. The highest BCUT2D eigenvalue weighted by molar-refractivity contribution is 6.05. The van der Waals surface area contributed by atoms with Crippen LogP contribution in [0.25, 0.3) is 0 Å². The van der Waals surface area contributed by atoms with E-state index in [2.05, 4.69) is 15.5 Å². The number of amides is 2. The fourth-order valence-corrected chi connectivity index (χ4v) is 3.88. The molecule has 2 aliphatic heterocycles. The molecule has 162 valence electrons. The Balaban J connectivity index is 1.39. The Bertz CT molecular complexity index is 1000. The maximum Gasteiger partial charge on any atom is 0.338 e. The molecule has 2 aromatic rings. The maximum atomic E-state index is 12.6. The molecule has 2 N–H and O–H groups in total. The standard InChI is InChI=1S/C23H25N3O5/c1-3-30-17-9-7-16(8-10-17)24-21(27)14(2)31-23(29)15-6-11-19-18(13-15)25-22(28)20-5-4-12-26(19)20/h6-11,13-14,20H,3-5,12H2,1-2H3,(H,24,27)(H,25,28)/t14-,20-/m1/s1. The fraction of sp³-hybridized carbons (Fsp3) is 0.348. The van der Waals surface area contributed by atoms with Crippen molar-refractivity contribution < 1.29 is 23.9 Å². The van der Waals surface area contributed by atoms with Gasteiger partial charge >= 0.3 is 5.97 Å². The largest absolute Gasteiger partial charge is 0.494 e. The van der Waals surface area contributed by atoms with E-state index in [-0.39, 0.29) is 17.5 Å². The van der Waals surface area contributed by atoms with Crippen LogP contribution in [0.1, 0.15) is 37.0 Å². The molecule has 2 aliphatic rings. The molecule has 8 nitrogen and oxygen atoms in total. The van der Waals surface area contributed by atoms with Crippen LogP contribution in [-0.4, -0.2) is 43.1 Å². The zero-order valence-corrected chi connectivity index (χ0v) is 17.5. The number of anilines is 3. The Kier molecular flexibility index (Phi) is 5.79. The number of carbonyl (C=O) groups excluding carboxylic acids is 3. The van der Waals surface area contributed by atoms with Gasteiger partial charge in [0.15, 0.2) is 6.10 Å². The van der Waals surface area contributed by atoms with Crippen LogP contribution in [0.3, 0.4) is 0 Å². The molecule has 2 amide bonds. The number of nitrogens with zero attached hydrogens (tertiary/aromatic N) is 1. The summed E-state index contributed by atoms with van der Waals surface area (Å²) in [5.74, 6) is -0.419. The molecule has 0 aromatic heterocycles. The second-order valence-corrected chi connectivity index (χ2v) is 7.57. The molecular weight excluding hydrogens is 398 g/mol. The van der Waals surface area contributed by atoms with Gasteiger partial charge in [-0.15, -0.1) is 0 Å². The maximum absolute atomic E-state index is 12.6. The van der Waals surface area contributed by atoms with E-state index in [0.717, 1.165) is 25.1 Å². The van der Waals surface area contributed by atoms with E-state index in [4.69, 9.17) is 9.47 Å². The normalized spacial score (nSPS) is 17.8. The first kappa shape index (κ1) is 20.7. The quantitative estimate of drug-likeness (QED) is 0.693. The second kappa shape index (κ2) is 8.67. The Hall–Kier alpha value is -3.55. The van der Waals surface area contributed by atoms with Crippen LogP contribution < -0.4 is 20.3 Å². The van der Waals surface area contributed by atoms with Crippen LogP contribution in [-0.2, 0) is 14.3 Å². The van der Waals surface area contributed by atoms with Crippen LogP contribution >= 0.6 is 0 Å². The summed E-state index contributed by atoms with van der Waals surface area (Å²) in [6.45, 7) is 4.78. The predicted molar refractivity (Wildman–Crippen MR) is 117 cm³/mol. The van der Waals surface area contributed by atoms with Crippen molar-refractivity contribution in [2.45, 2.75) is 38.8 Å². The summed E-state index contributed by atoms with van der Waals surface area (Å²) in [4.78, 5) is 39.3. The highest BCUT2D eigenvalue weighted by Gasteiger charge is 2.36. The summed E-state index contributed by atoms with van der Waals surface area (Å²) in [7, 11) is 0. The van der Waals surface area contributed by atoms with Gasteiger partial charge in [-0.1, -0.05) is 0 Å². The van der Waals surface area contributed by atoms with E-state index >= 15 is 0 Å². The van der Waals surface area contributed by atoms with Crippen LogP contribution in [0.15, 0.2) is 42.5 Å². The number of hydrogen-bond donors (Lipinski definition) is 2. The van der Waals surface area contributed by atoms with Gasteiger partial charge in [-0.05, 0) is 69.2 Å². The molecule has 2 aromatic carbocycles. The molecule has 0 aliphatic carbocycles. The van der Waals surface area contributed by atoms with Crippen molar-refractivity contribution in [2.75, 3.05) is 28.7 Å². The lowest BCUT2D eigenvalue weighted by Gasteiger charge is -2.33. The number of nitrogens with one attached hydrogen (secondary N) is 2. The van der Waals surface area contributed by atoms with Gasteiger partial charge in [0.05, 0.1) is 23.5 Å². The molecule has 0 saturated carbocycles. The lowest BCUT2D eigenvalue weighted by atomic mass is 10.1. The molecule has 0 unspecified atom stereocenters. The van der Waals surface area contributed by atoms with E-state index in [1.54, 1.807) is 36.4 Å². The predicted octanol–water partition coefficient (Wildman–Crippen LogP) is 3.19. The number of rotatable bonds is 6. The first-order valence-electron chi connectivity index (χ1n) is 10.4. The highest BCUT2D eigenvalue weighted by Crippen LogP contribution is 2.37. The van der Waals surface area contributed by atoms with Crippen LogP contribution in [0.4, 0.5) is 17.1 Å². The van der Waals surface area contributed by atoms with Gasteiger partial charge in [-0.2, -0.15) is 0 Å².